The molecule has 0 aliphatic rings. The van der Waals surface area contributed by atoms with Crippen molar-refractivity contribution in [3.63, 3.8) is 0 Å². The molecular formula is C13H23F3N2O4. The Labute approximate surface area is 127 Å². The Morgan fingerprint density at radius 2 is 1.77 bits per heavy atom. The Bertz CT molecular complexity index is 362. The molecule has 0 rings (SSSR count). The highest BCUT2D eigenvalue weighted by molar-refractivity contribution is 5.73. The number of aliphatic carboxylic acids is 1. The molecule has 0 aromatic heterocycles. The lowest BCUT2D eigenvalue weighted by molar-refractivity contribution is -0.141. The van der Waals surface area contributed by atoms with Gasteiger partial charge in [-0.3, -0.25) is 10.1 Å². The lowest BCUT2D eigenvalue weighted by Crippen LogP contribution is -2.44. The zero-order chi connectivity index (χ0) is 17.3. The van der Waals surface area contributed by atoms with Crippen molar-refractivity contribution in [3.05, 3.63) is 0 Å². The van der Waals surface area contributed by atoms with Crippen LogP contribution in [0.15, 0.2) is 0 Å². The van der Waals surface area contributed by atoms with E-state index in [0.717, 1.165) is 0 Å². The number of carboxylic acids is 1. The van der Waals surface area contributed by atoms with Gasteiger partial charge >= 0.3 is 12.1 Å². The largest absolute Gasteiger partial charge is 0.480 e. The zero-order valence-corrected chi connectivity index (χ0v) is 12.9. The van der Waals surface area contributed by atoms with Crippen LogP contribution in [0.1, 0.15) is 40.0 Å². The highest BCUT2D eigenvalue weighted by Crippen LogP contribution is 2.08. The number of hydrogen-bond acceptors (Lipinski definition) is 4. The summed E-state index contributed by atoms with van der Waals surface area (Å²) in [4.78, 5) is 22.1. The molecule has 0 aromatic carbocycles. The summed E-state index contributed by atoms with van der Waals surface area (Å²) in [6.45, 7) is 5.39. The number of nitrogens with one attached hydrogen (secondary N) is 2. The maximum atomic E-state index is 12.8. The quantitative estimate of drug-likeness (QED) is 0.446. The molecule has 0 aliphatic heterocycles. The molecule has 1 amide bonds. The van der Waals surface area contributed by atoms with Gasteiger partial charge in [-0.05, 0) is 40.0 Å². The van der Waals surface area contributed by atoms with Crippen molar-refractivity contribution in [1.82, 2.24) is 10.6 Å². The van der Waals surface area contributed by atoms with Gasteiger partial charge < -0.3 is 15.2 Å². The van der Waals surface area contributed by atoms with Gasteiger partial charge in [-0.15, -0.1) is 0 Å². The van der Waals surface area contributed by atoms with Crippen LogP contribution >= 0.6 is 0 Å². The standard InChI is InChI=1S/C13H23F3N2O4/c1-13(2,3)22-12(21)17-7-5-4-6-8(11(19)20)18-10(16)9(14)15/h8-10,18H,4-7H2,1-3H3,(H,17,21)(H,19,20). The third-order valence-corrected chi connectivity index (χ3v) is 2.47. The van der Waals surface area contributed by atoms with Crippen molar-refractivity contribution in [2.75, 3.05) is 6.54 Å². The summed E-state index contributed by atoms with van der Waals surface area (Å²) in [7, 11) is 0. The van der Waals surface area contributed by atoms with Crippen LogP contribution in [0.25, 0.3) is 0 Å². The molecule has 0 fully saturated rings. The normalized spacial score (nSPS) is 14.5. The SMILES string of the molecule is CC(C)(C)OC(=O)NCCCCC(NC(F)C(F)F)C(=O)O. The van der Waals surface area contributed by atoms with E-state index in [2.05, 4.69) is 5.32 Å². The van der Waals surface area contributed by atoms with Crippen LogP contribution in [-0.2, 0) is 9.53 Å². The van der Waals surface area contributed by atoms with Crippen LogP contribution in [-0.4, -0.2) is 48.1 Å². The number of carbonyl (C=O) groups is 2. The number of halogens is 3. The number of alkyl halides is 3. The third kappa shape index (κ3) is 10.3. The highest BCUT2D eigenvalue weighted by atomic mass is 19.3. The smallest absolute Gasteiger partial charge is 0.407 e. The minimum atomic E-state index is -3.28. The molecule has 6 nitrogen and oxygen atoms in total. The second-order valence-corrected chi connectivity index (χ2v) is 5.72. The van der Waals surface area contributed by atoms with Crippen molar-refractivity contribution in [2.24, 2.45) is 0 Å². The number of unbranched alkanes of at least 4 members (excludes halogenated alkanes) is 1. The van der Waals surface area contributed by atoms with Crippen molar-refractivity contribution >= 4 is 12.1 Å². The minimum Gasteiger partial charge on any atom is -0.480 e. The number of amides is 1. The molecule has 2 unspecified atom stereocenters. The first-order valence-corrected chi connectivity index (χ1v) is 6.91. The fourth-order valence-corrected chi connectivity index (χ4v) is 1.52. The van der Waals surface area contributed by atoms with Gasteiger partial charge in [0.1, 0.15) is 11.6 Å². The Morgan fingerprint density at radius 3 is 2.23 bits per heavy atom. The summed E-state index contributed by atoms with van der Waals surface area (Å²) in [5.74, 6) is -1.40. The summed E-state index contributed by atoms with van der Waals surface area (Å²) >= 11 is 0. The average Bonchev–Trinajstić information content (AvgIpc) is 2.34. The first kappa shape index (κ1) is 20.5. The summed E-state index contributed by atoms with van der Waals surface area (Å²) < 4.78 is 41.8. The Balaban J connectivity index is 3.95. The van der Waals surface area contributed by atoms with Gasteiger partial charge in [0.15, 0.2) is 0 Å². The lowest BCUT2D eigenvalue weighted by atomic mass is 10.1. The molecule has 0 radical (unpaired) electrons. The molecule has 0 saturated carbocycles. The molecule has 130 valence electrons. The van der Waals surface area contributed by atoms with Gasteiger partial charge in [0.05, 0.1) is 0 Å². The second-order valence-electron chi connectivity index (χ2n) is 5.72. The van der Waals surface area contributed by atoms with Crippen molar-refractivity contribution in [3.8, 4) is 0 Å². The van der Waals surface area contributed by atoms with Crippen LogP contribution in [0.5, 0.6) is 0 Å². The van der Waals surface area contributed by atoms with E-state index in [9.17, 15) is 22.8 Å². The number of rotatable bonds is 9. The van der Waals surface area contributed by atoms with E-state index in [-0.39, 0.29) is 13.0 Å². The van der Waals surface area contributed by atoms with Gasteiger partial charge in [0.25, 0.3) is 6.43 Å². The number of alkyl carbamates (subject to hydrolysis) is 1. The third-order valence-electron chi connectivity index (χ3n) is 2.47. The highest BCUT2D eigenvalue weighted by Gasteiger charge is 2.26. The molecule has 0 spiro atoms. The van der Waals surface area contributed by atoms with Crippen LogP contribution in [0.2, 0.25) is 0 Å². The van der Waals surface area contributed by atoms with Crippen molar-refractivity contribution in [2.45, 2.75) is 64.4 Å². The van der Waals surface area contributed by atoms with Crippen LogP contribution < -0.4 is 10.6 Å². The monoisotopic (exact) mass is 328 g/mol. The summed E-state index contributed by atoms with van der Waals surface area (Å²) in [6, 6.07) is -1.40. The molecule has 22 heavy (non-hydrogen) atoms. The first-order chi connectivity index (χ1) is 10.0. The molecule has 3 N–H and O–H groups in total. The second kappa shape index (κ2) is 9.50. The molecular weight excluding hydrogens is 305 g/mol. The zero-order valence-electron chi connectivity index (χ0n) is 12.9. The summed E-state index contributed by atoms with van der Waals surface area (Å²) in [5, 5.41) is 13.0. The van der Waals surface area contributed by atoms with Gasteiger partial charge in [-0.1, -0.05) is 0 Å². The van der Waals surface area contributed by atoms with E-state index in [1.165, 1.54) is 0 Å². The number of hydrogen-bond donors (Lipinski definition) is 3. The lowest BCUT2D eigenvalue weighted by Gasteiger charge is -2.20. The Hall–Kier alpha value is -1.51. The van der Waals surface area contributed by atoms with Crippen molar-refractivity contribution < 1.29 is 32.6 Å². The number of carbonyl (C=O) groups excluding carboxylic acids is 1. The van der Waals surface area contributed by atoms with E-state index < -0.39 is 36.4 Å². The maximum Gasteiger partial charge on any atom is 0.407 e. The van der Waals surface area contributed by atoms with Crippen molar-refractivity contribution in [1.29, 1.82) is 0 Å². The Morgan fingerprint density at radius 1 is 1.18 bits per heavy atom. The van der Waals surface area contributed by atoms with Crippen LogP contribution in [0.3, 0.4) is 0 Å². The Kier molecular flexibility index (Phi) is 8.84. The summed E-state index contributed by atoms with van der Waals surface area (Å²) in [6.07, 6.45) is -5.86. The number of carboxylic acid groups (broad SMARTS) is 1. The molecule has 9 heteroatoms. The van der Waals surface area contributed by atoms with Gasteiger partial charge in [-0.25, -0.2) is 18.0 Å². The van der Waals surface area contributed by atoms with Gasteiger partial charge in [-0.2, -0.15) is 0 Å². The molecule has 0 aromatic rings. The molecule has 0 heterocycles. The van der Waals surface area contributed by atoms with E-state index in [0.29, 0.717) is 12.8 Å². The van der Waals surface area contributed by atoms with Gasteiger partial charge in [0, 0.05) is 6.54 Å². The molecule has 0 saturated heterocycles. The average molecular weight is 328 g/mol. The predicted molar refractivity (Wildman–Crippen MR) is 73.5 cm³/mol. The first-order valence-electron chi connectivity index (χ1n) is 6.91. The number of ether oxygens (including phenoxy) is 1. The molecule has 2 atom stereocenters. The van der Waals surface area contributed by atoms with Crippen LogP contribution in [0, 0.1) is 0 Å². The predicted octanol–water partition coefficient (Wildman–Crippen LogP) is 2.28. The molecule has 0 aliphatic carbocycles. The minimum absolute atomic E-state index is 0.0293. The fraction of sp³-hybridized carbons (Fsp3) is 0.846. The topological polar surface area (TPSA) is 87.7 Å². The van der Waals surface area contributed by atoms with E-state index in [1.54, 1.807) is 26.1 Å². The summed E-state index contributed by atoms with van der Waals surface area (Å²) in [5.41, 5.74) is -0.617. The van der Waals surface area contributed by atoms with E-state index >= 15 is 0 Å². The fourth-order valence-electron chi connectivity index (χ4n) is 1.52. The van der Waals surface area contributed by atoms with E-state index in [4.69, 9.17) is 9.84 Å². The van der Waals surface area contributed by atoms with Crippen LogP contribution in [0.4, 0.5) is 18.0 Å². The maximum absolute atomic E-state index is 12.8. The van der Waals surface area contributed by atoms with Gasteiger partial charge in [0.2, 0.25) is 6.30 Å². The molecule has 0 bridgehead atoms. The van der Waals surface area contributed by atoms with E-state index in [1.807, 2.05) is 0 Å².